The van der Waals surface area contributed by atoms with Gasteiger partial charge in [0.2, 0.25) is 0 Å². The molecule has 0 saturated heterocycles. The van der Waals surface area contributed by atoms with Crippen molar-refractivity contribution in [3.05, 3.63) is 29.6 Å². The minimum Gasteiger partial charge on any atom is -0.375 e. The van der Waals surface area contributed by atoms with Gasteiger partial charge in [-0.25, -0.2) is 0 Å². The van der Waals surface area contributed by atoms with Gasteiger partial charge in [0.05, 0.1) is 5.69 Å². The predicted octanol–water partition coefficient (Wildman–Crippen LogP) is 2.80. The Morgan fingerprint density at radius 2 is 2.00 bits per heavy atom. The van der Waals surface area contributed by atoms with Gasteiger partial charge >= 0.3 is 6.18 Å². The second-order valence-electron chi connectivity index (χ2n) is 3.87. The molecule has 1 N–H and O–H groups in total. The Balaban J connectivity index is 3.08. The van der Waals surface area contributed by atoms with Gasteiger partial charge < -0.3 is 5.11 Å². The third kappa shape index (κ3) is 2.52. The number of pyridine rings is 1. The van der Waals surface area contributed by atoms with E-state index in [1.165, 1.54) is 12.3 Å². The molecule has 5 heteroatoms. The third-order valence-corrected chi connectivity index (χ3v) is 2.41. The Kier molecular flexibility index (Phi) is 3.57. The van der Waals surface area contributed by atoms with Gasteiger partial charge in [-0.05, 0) is 31.0 Å². The zero-order valence-electron chi connectivity index (χ0n) is 9.17. The van der Waals surface area contributed by atoms with Crippen LogP contribution in [-0.2, 0) is 12.0 Å². The van der Waals surface area contributed by atoms with Crippen molar-refractivity contribution in [2.45, 2.75) is 38.5 Å². The van der Waals surface area contributed by atoms with Gasteiger partial charge in [0.15, 0.2) is 5.60 Å². The van der Waals surface area contributed by atoms with Crippen LogP contribution >= 0.6 is 0 Å². The summed E-state index contributed by atoms with van der Waals surface area (Å²) in [6.07, 6.45) is -1.92. The lowest BCUT2D eigenvalue weighted by Crippen LogP contribution is -2.40. The van der Waals surface area contributed by atoms with Gasteiger partial charge in [-0.15, -0.1) is 0 Å². The Morgan fingerprint density at radius 3 is 2.50 bits per heavy atom. The van der Waals surface area contributed by atoms with Gasteiger partial charge in [0, 0.05) is 6.20 Å². The molecule has 0 fully saturated rings. The smallest absolute Gasteiger partial charge is 0.375 e. The number of rotatable bonds is 3. The normalized spacial score (nSPS) is 15.9. The van der Waals surface area contributed by atoms with Crippen LogP contribution in [-0.4, -0.2) is 16.3 Å². The fourth-order valence-corrected chi connectivity index (χ4v) is 1.33. The zero-order valence-corrected chi connectivity index (χ0v) is 9.17. The standard InChI is InChI=1S/C11H14F3NO/c1-3-4-8-5-6-15-9(7-8)10(2,16)11(12,13)14/h5-7,16H,3-4H2,1-2H3. The molecule has 1 heterocycles. The van der Waals surface area contributed by atoms with E-state index >= 15 is 0 Å². The monoisotopic (exact) mass is 233 g/mol. The summed E-state index contributed by atoms with van der Waals surface area (Å²) in [6.45, 7) is 2.65. The van der Waals surface area contributed by atoms with Crippen LogP contribution in [0.1, 0.15) is 31.5 Å². The first-order valence-corrected chi connectivity index (χ1v) is 5.03. The Labute approximate surface area is 92.1 Å². The average Bonchev–Trinajstić information content (AvgIpc) is 2.17. The van der Waals surface area contributed by atoms with Crippen LogP contribution in [0.4, 0.5) is 13.2 Å². The van der Waals surface area contributed by atoms with Crippen LogP contribution in [0.25, 0.3) is 0 Å². The SMILES string of the molecule is CCCc1ccnc(C(C)(O)C(F)(F)F)c1. The topological polar surface area (TPSA) is 33.1 Å². The molecule has 1 aromatic heterocycles. The molecule has 0 spiro atoms. The molecule has 0 bridgehead atoms. The van der Waals surface area contributed by atoms with Gasteiger partial charge in [0.25, 0.3) is 0 Å². The number of halogens is 3. The molecule has 1 atom stereocenters. The molecule has 0 aromatic carbocycles. The lowest BCUT2D eigenvalue weighted by atomic mass is 9.98. The highest BCUT2D eigenvalue weighted by molar-refractivity contribution is 5.22. The van der Waals surface area contributed by atoms with Crippen molar-refractivity contribution in [3.8, 4) is 0 Å². The number of alkyl halides is 3. The molecule has 1 aromatic rings. The molecule has 2 nitrogen and oxygen atoms in total. The van der Waals surface area contributed by atoms with E-state index in [1.807, 2.05) is 6.92 Å². The van der Waals surface area contributed by atoms with E-state index in [0.717, 1.165) is 12.0 Å². The van der Waals surface area contributed by atoms with Gasteiger partial charge in [-0.2, -0.15) is 13.2 Å². The van der Waals surface area contributed by atoms with Crippen molar-refractivity contribution in [2.24, 2.45) is 0 Å². The summed E-state index contributed by atoms with van der Waals surface area (Å²) in [4.78, 5) is 3.59. The molecule has 1 rings (SSSR count). The summed E-state index contributed by atoms with van der Waals surface area (Å²) < 4.78 is 37.6. The van der Waals surface area contributed by atoms with E-state index in [2.05, 4.69) is 4.98 Å². The Bertz CT molecular complexity index is 360. The molecule has 16 heavy (non-hydrogen) atoms. The largest absolute Gasteiger partial charge is 0.422 e. The summed E-state index contributed by atoms with van der Waals surface area (Å²) in [5, 5.41) is 9.43. The van der Waals surface area contributed by atoms with E-state index in [1.54, 1.807) is 6.07 Å². The number of aryl methyl sites for hydroxylation is 1. The van der Waals surface area contributed by atoms with Crippen LogP contribution in [0.3, 0.4) is 0 Å². The van der Waals surface area contributed by atoms with Crippen molar-refractivity contribution in [2.75, 3.05) is 0 Å². The molecule has 0 saturated carbocycles. The maximum Gasteiger partial charge on any atom is 0.422 e. The van der Waals surface area contributed by atoms with Crippen LogP contribution in [0.15, 0.2) is 18.3 Å². The average molecular weight is 233 g/mol. The second-order valence-corrected chi connectivity index (χ2v) is 3.87. The second kappa shape index (κ2) is 4.41. The first-order chi connectivity index (χ1) is 7.29. The Morgan fingerprint density at radius 1 is 1.38 bits per heavy atom. The quantitative estimate of drug-likeness (QED) is 0.870. The maximum atomic E-state index is 12.5. The van der Waals surface area contributed by atoms with Crippen molar-refractivity contribution in [1.82, 2.24) is 4.98 Å². The molecule has 0 aliphatic rings. The number of aromatic nitrogens is 1. The highest BCUT2D eigenvalue weighted by atomic mass is 19.4. The van der Waals surface area contributed by atoms with E-state index in [9.17, 15) is 18.3 Å². The summed E-state index contributed by atoms with van der Waals surface area (Å²) in [7, 11) is 0. The van der Waals surface area contributed by atoms with E-state index in [0.29, 0.717) is 13.3 Å². The lowest BCUT2D eigenvalue weighted by molar-refractivity contribution is -0.260. The van der Waals surface area contributed by atoms with Crippen molar-refractivity contribution in [3.63, 3.8) is 0 Å². The highest BCUT2D eigenvalue weighted by Gasteiger charge is 2.52. The highest BCUT2D eigenvalue weighted by Crippen LogP contribution is 2.37. The fourth-order valence-electron chi connectivity index (χ4n) is 1.33. The molecule has 0 aliphatic carbocycles. The molecule has 90 valence electrons. The van der Waals surface area contributed by atoms with Crippen molar-refractivity contribution < 1.29 is 18.3 Å². The number of aliphatic hydroxyl groups is 1. The first kappa shape index (κ1) is 13.0. The zero-order chi connectivity index (χ0) is 12.4. The van der Waals surface area contributed by atoms with E-state index < -0.39 is 11.8 Å². The van der Waals surface area contributed by atoms with Crippen LogP contribution in [0.2, 0.25) is 0 Å². The molecule has 0 radical (unpaired) electrons. The lowest BCUT2D eigenvalue weighted by Gasteiger charge is -2.25. The molecule has 1 unspecified atom stereocenters. The summed E-state index contributed by atoms with van der Waals surface area (Å²) in [6, 6.07) is 2.95. The first-order valence-electron chi connectivity index (χ1n) is 5.03. The predicted molar refractivity (Wildman–Crippen MR) is 53.9 cm³/mol. The van der Waals surface area contributed by atoms with E-state index in [4.69, 9.17) is 0 Å². The van der Waals surface area contributed by atoms with Crippen molar-refractivity contribution >= 4 is 0 Å². The van der Waals surface area contributed by atoms with Crippen LogP contribution < -0.4 is 0 Å². The molecular formula is C11H14F3NO. The third-order valence-electron chi connectivity index (χ3n) is 2.41. The van der Waals surface area contributed by atoms with Gasteiger partial charge in [0.1, 0.15) is 0 Å². The number of hydrogen-bond acceptors (Lipinski definition) is 2. The van der Waals surface area contributed by atoms with Gasteiger partial charge in [-0.1, -0.05) is 13.3 Å². The molecular weight excluding hydrogens is 219 g/mol. The van der Waals surface area contributed by atoms with Crippen LogP contribution in [0.5, 0.6) is 0 Å². The Hall–Kier alpha value is -1.10. The van der Waals surface area contributed by atoms with E-state index in [-0.39, 0.29) is 5.69 Å². The number of nitrogens with zero attached hydrogens (tertiary/aromatic N) is 1. The molecule has 0 aliphatic heterocycles. The summed E-state index contributed by atoms with van der Waals surface area (Å²) in [5.74, 6) is 0. The summed E-state index contributed by atoms with van der Waals surface area (Å²) in [5.41, 5.74) is -2.50. The fraction of sp³-hybridized carbons (Fsp3) is 0.545. The minimum atomic E-state index is -4.72. The van der Waals surface area contributed by atoms with Crippen LogP contribution in [0, 0.1) is 0 Å². The molecule has 0 amide bonds. The number of hydrogen-bond donors (Lipinski definition) is 1. The summed E-state index contributed by atoms with van der Waals surface area (Å²) >= 11 is 0. The van der Waals surface area contributed by atoms with Crippen molar-refractivity contribution in [1.29, 1.82) is 0 Å². The minimum absolute atomic E-state index is 0.356. The maximum absolute atomic E-state index is 12.5. The van der Waals surface area contributed by atoms with Gasteiger partial charge in [-0.3, -0.25) is 4.98 Å².